The average molecular weight is 254 g/mol. The van der Waals surface area contributed by atoms with Crippen LogP contribution in [-0.4, -0.2) is 34.8 Å². The molecule has 18 heavy (non-hydrogen) atoms. The fraction of sp³-hybridized carbons (Fsp3) is 0.455. The van der Waals surface area contributed by atoms with Crippen LogP contribution in [0.5, 0.6) is 5.88 Å². The number of carbonyl (C=O) groups excluding carboxylic acids is 1. The van der Waals surface area contributed by atoms with E-state index in [2.05, 4.69) is 10.3 Å². The molecule has 1 atom stereocenters. The number of nitrogens with one attached hydrogen (secondary N) is 1. The molecule has 7 heteroatoms. The van der Waals surface area contributed by atoms with E-state index in [4.69, 9.17) is 16.2 Å². The van der Waals surface area contributed by atoms with Gasteiger partial charge in [0.2, 0.25) is 11.8 Å². The van der Waals surface area contributed by atoms with Crippen LogP contribution in [0.25, 0.3) is 0 Å². The number of hydrogen-bond donors (Lipinski definition) is 4. The third-order valence-corrected chi connectivity index (χ3v) is 2.04. The molecule has 0 aliphatic rings. The van der Waals surface area contributed by atoms with Crippen LogP contribution in [0.15, 0.2) is 12.1 Å². The zero-order valence-electron chi connectivity index (χ0n) is 10.4. The number of aromatic nitrogens is 1. The topological polar surface area (TPSA) is 123 Å². The predicted molar refractivity (Wildman–Crippen MR) is 68.1 cm³/mol. The van der Waals surface area contributed by atoms with Crippen LogP contribution < -0.4 is 21.5 Å². The second-order valence-corrected chi connectivity index (χ2v) is 4.06. The van der Waals surface area contributed by atoms with Crippen LogP contribution >= 0.6 is 0 Å². The van der Waals surface area contributed by atoms with E-state index in [0.29, 0.717) is 17.4 Å². The van der Waals surface area contributed by atoms with Gasteiger partial charge in [-0.25, -0.2) is 0 Å². The highest BCUT2D eigenvalue weighted by atomic mass is 16.5. The van der Waals surface area contributed by atoms with E-state index in [9.17, 15) is 9.90 Å². The molecule has 0 bridgehead atoms. The molecule has 1 aromatic heterocycles. The van der Waals surface area contributed by atoms with Crippen LogP contribution in [-0.2, 0) is 4.79 Å². The summed E-state index contributed by atoms with van der Waals surface area (Å²) in [4.78, 5) is 14.8. The Morgan fingerprint density at radius 1 is 1.56 bits per heavy atom. The quantitative estimate of drug-likeness (QED) is 0.553. The number of anilines is 2. The Bertz CT molecular complexity index is 423. The molecule has 1 rings (SSSR count). The third kappa shape index (κ3) is 4.10. The fourth-order valence-electron chi connectivity index (χ4n) is 1.17. The van der Waals surface area contributed by atoms with Crippen molar-refractivity contribution in [2.45, 2.75) is 26.1 Å². The van der Waals surface area contributed by atoms with Crippen molar-refractivity contribution < 1.29 is 14.6 Å². The maximum Gasteiger partial charge on any atom is 0.248 e. The smallest absolute Gasteiger partial charge is 0.248 e. The zero-order valence-corrected chi connectivity index (χ0v) is 10.4. The fourth-order valence-corrected chi connectivity index (χ4v) is 1.17. The van der Waals surface area contributed by atoms with Crippen LogP contribution in [0.4, 0.5) is 11.5 Å². The van der Waals surface area contributed by atoms with Crippen molar-refractivity contribution in [1.82, 2.24) is 4.98 Å². The molecule has 1 heterocycles. The van der Waals surface area contributed by atoms with Crippen LogP contribution in [0.3, 0.4) is 0 Å². The number of hydrogen-bond acceptors (Lipinski definition) is 6. The first-order valence-corrected chi connectivity index (χ1v) is 5.54. The van der Waals surface area contributed by atoms with Gasteiger partial charge in [0.1, 0.15) is 11.9 Å². The molecule has 6 N–H and O–H groups in total. The van der Waals surface area contributed by atoms with Gasteiger partial charge in [0.25, 0.3) is 0 Å². The summed E-state index contributed by atoms with van der Waals surface area (Å²) in [6, 6.07) is 3.25. The first-order valence-electron chi connectivity index (χ1n) is 5.54. The number of primary amides is 1. The number of nitrogen functional groups attached to an aromatic ring is 1. The van der Waals surface area contributed by atoms with Crippen LogP contribution in [0.1, 0.15) is 13.8 Å². The maximum atomic E-state index is 10.7. The van der Waals surface area contributed by atoms with Crippen molar-refractivity contribution in [3.8, 4) is 5.88 Å². The van der Waals surface area contributed by atoms with Crippen LogP contribution in [0, 0.1) is 0 Å². The van der Waals surface area contributed by atoms with Gasteiger partial charge >= 0.3 is 0 Å². The van der Waals surface area contributed by atoms with Gasteiger partial charge in [0.05, 0.1) is 18.3 Å². The number of rotatable bonds is 6. The van der Waals surface area contributed by atoms with Gasteiger partial charge in [-0.2, -0.15) is 4.98 Å². The number of ether oxygens (including phenoxy) is 1. The number of amides is 1. The van der Waals surface area contributed by atoms with Gasteiger partial charge in [-0.05, 0) is 26.0 Å². The number of nitrogens with two attached hydrogens (primary N) is 2. The Morgan fingerprint density at radius 3 is 2.78 bits per heavy atom. The highest BCUT2D eigenvalue weighted by Gasteiger charge is 2.11. The van der Waals surface area contributed by atoms with E-state index < -0.39 is 12.0 Å². The molecule has 1 amide bonds. The number of nitrogens with zero attached hydrogens (tertiary/aromatic N) is 1. The summed E-state index contributed by atoms with van der Waals surface area (Å²) in [5, 5.41) is 12.0. The molecule has 0 fully saturated rings. The Morgan fingerprint density at radius 2 is 2.22 bits per heavy atom. The minimum atomic E-state index is -1.26. The molecule has 0 saturated carbocycles. The molecular weight excluding hydrogens is 236 g/mol. The first kappa shape index (κ1) is 14.0. The number of aliphatic hydroxyl groups excluding tert-OH is 1. The molecule has 0 aliphatic carbocycles. The molecule has 7 nitrogen and oxygen atoms in total. The third-order valence-electron chi connectivity index (χ3n) is 2.04. The summed E-state index contributed by atoms with van der Waals surface area (Å²) in [5.74, 6) is -0.0414. The summed E-state index contributed by atoms with van der Waals surface area (Å²) in [6.07, 6.45) is -1.31. The van der Waals surface area contributed by atoms with Gasteiger partial charge in [0.15, 0.2) is 0 Å². The molecule has 1 unspecified atom stereocenters. The lowest BCUT2D eigenvalue weighted by Gasteiger charge is -2.13. The van der Waals surface area contributed by atoms with Crippen LogP contribution in [0.2, 0.25) is 0 Å². The second kappa shape index (κ2) is 6.06. The molecular formula is C11H18N4O3. The summed E-state index contributed by atoms with van der Waals surface area (Å²) < 4.78 is 5.41. The number of pyridine rings is 1. The van der Waals surface area contributed by atoms with Crippen molar-refractivity contribution in [3.05, 3.63) is 12.1 Å². The normalized spacial score (nSPS) is 12.2. The van der Waals surface area contributed by atoms with Crippen molar-refractivity contribution in [1.29, 1.82) is 0 Å². The second-order valence-electron chi connectivity index (χ2n) is 4.06. The highest BCUT2D eigenvalue weighted by molar-refractivity contribution is 5.79. The van der Waals surface area contributed by atoms with Crippen molar-refractivity contribution >= 4 is 17.4 Å². The van der Waals surface area contributed by atoms with E-state index in [1.807, 2.05) is 13.8 Å². The average Bonchev–Trinajstić information content (AvgIpc) is 2.28. The summed E-state index contributed by atoms with van der Waals surface area (Å²) in [7, 11) is 0. The Kier molecular flexibility index (Phi) is 4.73. The standard InChI is InChI=1S/C11H18N4O3/c1-6(2)18-11-7(12)3-4-9(15-11)14-5-8(16)10(13)17/h3-4,6,8,16H,5,12H2,1-2H3,(H2,13,17)(H,14,15). The van der Waals surface area contributed by atoms with E-state index in [1.54, 1.807) is 12.1 Å². The van der Waals surface area contributed by atoms with Gasteiger partial charge < -0.3 is 26.6 Å². The van der Waals surface area contributed by atoms with Gasteiger partial charge in [-0.3, -0.25) is 4.79 Å². The predicted octanol–water partition coefficient (Wildman–Crippen LogP) is -0.291. The number of carbonyl (C=O) groups is 1. The molecule has 100 valence electrons. The zero-order chi connectivity index (χ0) is 13.7. The Hall–Kier alpha value is -2.02. The lowest BCUT2D eigenvalue weighted by atomic mass is 10.3. The molecule has 0 aromatic carbocycles. The van der Waals surface area contributed by atoms with Crippen molar-refractivity contribution in [3.63, 3.8) is 0 Å². The molecule has 0 radical (unpaired) electrons. The van der Waals surface area contributed by atoms with E-state index in [-0.39, 0.29) is 12.6 Å². The Balaban J connectivity index is 2.70. The van der Waals surface area contributed by atoms with Crippen molar-refractivity contribution in [2.75, 3.05) is 17.6 Å². The minimum Gasteiger partial charge on any atom is -0.473 e. The molecule has 0 spiro atoms. The van der Waals surface area contributed by atoms with Gasteiger partial charge in [0, 0.05) is 0 Å². The lowest BCUT2D eigenvalue weighted by Crippen LogP contribution is -2.34. The van der Waals surface area contributed by atoms with Gasteiger partial charge in [-0.15, -0.1) is 0 Å². The van der Waals surface area contributed by atoms with E-state index in [0.717, 1.165) is 0 Å². The largest absolute Gasteiger partial charge is 0.473 e. The Labute approximate surface area is 105 Å². The summed E-state index contributed by atoms with van der Waals surface area (Å²) >= 11 is 0. The first-order chi connectivity index (χ1) is 8.40. The van der Waals surface area contributed by atoms with Gasteiger partial charge in [-0.1, -0.05) is 0 Å². The van der Waals surface area contributed by atoms with Crippen molar-refractivity contribution in [2.24, 2.45) is 5.73 Å². The molecule has 0 saturated heterocycles. The summed E-state index contributed by atoms with van der Waals surface area (Å²) in [6.45, 7) is 3.70. The minimum absolute atomic E-state index is 0.0205. The van der Waals surface area contributed by atoms with E-state index in [1.165, 1.54) is 0 Å². The lowest BCUT2D eigenvalue weighted by molar-refractivity contribution is -0.125. The highest BCUT2D eigenvalue weighted by Crippen LogP contribution is 2.21. The molecule has 1 aromatic rings. The van der Waals surface area contributed by atoms with E-state index >= 15 is 0 Å². The number of aliphatic hydroxyl groups is 1. The monoisotopic (exact) mass is 254 g/mol. The maximum absolute atomic E-state index is 10.7. The molecule has 0 aliphatic heterocycles. The SMILES string of the molecule is CC(C)Oc1nc(NCC(O)C(N)=O)ccc1N. The summed E-state index contributed by atoms with van der Waals surface area (Å²) in [5.41, 5.74) is 11.1.